The molecule has 0 saturated heterocycles. The lowest BCUT2D eigenvalue weighted by Gasteiger charge is -2.02. The fourth-order valence-electron chi connectivity index (χ4n) is 2.94. The number of hydrogen-bond acceptors (Lipinski definition) is 4. The monoisotopic (exact) mass is 385 g/mol. The van der Waals surface area contributed by atoms with Gasteiger partial charge in [0.05, 0.1) is 29.2 Å². The number of benzene rings is 1. The number of nitrogens with zero attached hydrogens (tertiary/aromatic N) is 2. The number of aromatic nitrogens is 4. The van der Waals surface area contributed by atoms with Gasteiger partial charge in [0.1, 0.15) is 5.82 Å². The average molecular weight is 385 g/mol. The van der Waals surface area contributed by atoms with Crippen LogP contribution >= 0.6 is 0 Å². The van der Waals surface area contributed by atoms with Crippen LogP contribution in [-0.4, -0.2) is 25.8 Å². The predicted octanol–water partition coefficient (Wildman–Crippen LogP) is 3.07. The summed E-state index contributed by atoms with van der Waals surface area (Å²) in [5.74, 6) is 0.313. The third-order valence-corrected chi connectivity index (χ3v) is 4.46. The van der Waals surface area contributed by atoms with Crippen LogP contribution < -0.4 is 10.9 Å². The summed E-state index contributed by atoms with van der Waals surface area (Å²) in [5, 5.41) is 2.81. The number of aryl methyl sites for hydroxylation is 1. The zero-order valence-corrected chi connectivity index (χ0v) is 15.8. The second-order valence-corrected chi connectivity index (χ2v) is 6.61. The lowest BCUT2D eigenvalue weighted by molar-refractivity contribution is 0.0949. The quantitative estimate of drug-likeness (QED) is 0.491. The van der Waals surface area contributed by atoms with E-state index in [4.69, 9.17) is 4.98 Å². The molecule has 7 nitrogen and oxygen atoms in total. The SMILES string of the molecule is Cc1ccc(-c2nc(CNC(=O)c3ccc(=O)[nH]c3)[nH]c2-c2ccccn2)cc1. The number of nitrogens with one attached hydrogen (secondary N) is 3. The molecule has 0 fully saturated rings. The first kappa shape index (κ1) is 18.4. The smallest absolute Gasteiger partial charge is 0.253 e. The molecule has 1 amide bonds. The van der Waals surface area contributed by atoms with Gasteiger partial charge in [-0.1, -0.05) is 35.9 Å². The Kier molecular flexibility index (Phi) is 5.03. The van der Waals surface area contributed by atoms with Crippen molar-refractivity contribution in [2.24, 2.45) is 0 Å². The lowest BCUT2D eigenvalue weighted by Crippen LogP contribution is -2.24. The predicted molar refractivity (Wildman–Crippen MR) is 110 cm³/mol. The molecule has 3 heterocycles. The van der Waals surface area contributed by atoms with Gasteiger partial charge in [-0.15, -0.1) is 0 Å². The number of carbonyl (C=O) groups excluding carboxylic acids is 1. The summed E-state index contributed by atoms with van der Waals surface area (Å²) in [6, 6.07) is 16.6. The fraction of sp³-hybridized carbons (Fsp3) is 0.0909. The molecular formula is C22H19N5O2. The minimum absolute atomic E-state index is 0.212. The number of carbonyl (C=O) groups is 1. The second kappa shape index (κ2) is 7.93. The zero-order chi connectivity index (χ0) is 20.2. The van der Waals surface area contributed by atoms with E-state index in [1.54, 1.807) is 6.20 Å². The second-order valence-electron chi connectivity index (χ2n) is 6.61. The average Bonchev–Trinajstić information content (AvgIpc) is 3.18. The fourth-order valence-corrected chi connectivity index (χ4v) is 2.94. The van der Waals surface area contributed by atoms with E-state index in [1.807, 2.05) is 49.4 Å². The van der Waals surface area contributed by atoms with E-state index < -0.39 is 0 Å². The van der Waals surface area contributed by atoms with Crippen molar-refractivity contribution in [2.75, 3.05) is 0 Å². The summed E-state index contributed by atoms with van der Waals surface area (Å²) < 4.78 is 0. The van der Waals surface area contributed by atoms with Gasteiger partial charge in [-0.2, -0.15) is 0 Å². The van der Waals surface area contributed by atoms with Crippen LogP contribution in [0, 0.1) is 6.92 Å². The topological polar surface area (TPSA) is 104 Å². The van der Waals surface area contributed by atoms with Gasteiger partial charge in [0.25, 0.3) is 5.91 Å². The lowest BCUT2D eigenvalue weighted by atomic mass is 10.1. The highest BCUT2D eigenvalue weighted by molar-refractivity contribution is 5.93. The number of amides is 1. The molecule has 0 atom stereocenters. The van der Waals surface area contributed by atoms with Gasteiger partial charge in [0.15, 0.2) is 0 Å². The van der Waals surface area contributed by atoms with Crippen LogP contribution in [0.3, 0.4) is 0 Å². The Labute approximate surface area is 166 Å². The van der Waals surface area contributed by atoms with Gasteiger partial charge in [-0.05, 0) is 25.1 Å². The van der Waals surface area contributed by atoms with E-state index in [9.17, 15) is 9.59 Å². The Bertz CT molecular complexity index is 1170. The maximum Gasteiger partial charge on any atom is 0.253 e. The summed E-state index contributed by atoms with van der Waals surface area (Å²) in [7, 11) is 0. The van der Waals surface area contributed by atoms with E-state index in [-0.39, 0.29) is 18.0 Å². The molecule has 29 heavy (non-hydrogen) atoms. The van der Waals surface area contributed by atoms with E-state index in [0.717, 1.165) is 28.2 Å². The molecule has 4 aromatic rings. The molecule has 0 unspecified atom stereocenters. The Morgan fingerprint density at radius 2 is 1.90 bits per heavy atom. The van der Waals surface area contributed by atoms with Gasteiger partial charge in [-0.3, -0.25) is 14.6 Å². The molecule has 0 aliphatic heterocycles. The van der Waals surface area contributed by atoms with Gasteiger partial charge in [-0.25, -0.2) is 4.98 Å². The van der Waals surface area contributed by atoms with Crippen LogP contribution in [0.5, 0.6) is 0 Å². The largest absolute Gasteiger partial charge is 0.345 e. The molecule has 0 saturated carbocycles. The van der Waals surface area contributed by atoms with E-state index in [1.165, 1.54) is 18.3 Å². The number of aromatic amines is 2. The van der Waals surface area contributed by atoms with E-state index in [2.05, 4.69) is 20.3 Å². The van der Waals surface area contributed by atoms with Crippen molar-refractivity contribution in [1.29, 1.82) is 0 Å². The van der Waals surface area contributed by atoms with Crippen LogP contribution in [0.15, 0.2) is 71.8 Å². The Hall–Kier alpha value is -4.00. The third kappa shape index (κ3) is 4.14. The highest BCUT2D eigenvalue weighted by Crippen LogP contribution is 2.29. The molecule has 4 rings (SSSR count). The molecule has 0 bridgehead atoms. The van der Waals surface area contributed by atoms with Crippen molar-refractivity contribution in [2.45, 2.75) is 13.5 Å². The van der Waals surface area contributed by atoms with E-state index in [0.29, 0.717) is 11.4 Å². The van der Waals surface area contributed by atoms with Gasteiger partial charge < -0.3 is 15.3 Å². The summed E-state index contributed by atoms with van der Waals surface area (Å²) >= 11 is 0. The minimum Gasteiger partial charge on any atom is -0.345 e. The van der Waals surface area contributed by atoms with Crippen LogP contribution in [0.25, 0.3) is 22.6 Å². The van der Waals surface area contributed by atoms with Crippen molar-refractivity contribution in [3.63, 3.8) is 0 Å². The highest BCUT2D eigenvalue weighted by atomic mass is 16.1. The Balaban J connectivity index is 1.62. The number of imidazole rings is 1. The summed E-state index contributed by atoms with van der Waals surface area (Å²) in [5.41, 5.74) is 4.59. The Morgan fingerprint density at radius 3 is 2.59 bits per heavy atom. The summed E-state index contributed by atoms with van der Waals surface area (Å²) in [6.07, 6.45) is 3.11. The molecule has 3 N–H and O–H groups in total. The number of pyridine rings is 2. The maximum atomic E-state index is 12.3. The standard InChI is InChI=1S/C22H19N5O2/c1-14-5-7-15(8-6-14)20-21(17-4-2-3-11-23-17)27-18(26-20)13-25-22(29)16-9-10-19(28)24-12-16/h2-12H,13H2,1H3,(H,24,28)(H,25,29)(H,26,27). The number of H-pyrrole nitrogens is 2. The van der Waals surface area contributed by atoms with Crippen molar-refractivity contribution in [3.8, 4) is 22.6 Å². The van der Waals surface area contributed by atoms with Crippen molar-refractivity contribution < 1.29 is 4.79 Å². The van der Waals surface area contributed by atoms with Crippen LogP contribution in [0.1, 0.15) is 21.7 Å². The molecule has 7 heteroatoms. The molecule has 0 spiro atoms. The van der Waals surface area contributed by atoms with Crippen molar-refractivity contribution in [3.05, 3.63) is 94.3 Å². The number of hydrogen-bond donors (Lipinski definition) is 3. The molecule has 3 aromatic heterocycles. The molecule has 0 radical (unpaired) electrons. The number of rotatable bonds is 5. The minimum atomic E-state index is -0.297. The normalized spacial score (nSPS) is 10.7. The summed E-state index contributed by atoms with van der Waals surface area (Å²) in [6.45, 7) is 2.25. The molecule has 1 aromatic carbocycles. The third-order valence-electron chi connectivity index (χ3n) is 4.46. The first-order chi connectivity index (χ1) is 14.1. The zero-order valence-electron chi connectivity index (χ0n) is 15.8. The molecule has 0 aliphatic rings. The van der Waals surface area contributed by atoms with Gasteiger partial charge >= 0.3 is 0 Å². The highest BCUT2D eigenvalue weighted by Gasteiger charge is 2.16. The van der Waals surface area contributed by atoms with E-state index >= 15 is 0 Å². The van der Waals surface area contributed by atoms with Gasteiger partial charge in [0, 0.05) is 24.0 Å². The first-order valence-electron chi connectivity index (χ1n) is 9.14. The maximum absolute atomic E-state index is 12.3. The van der Waals surface area contributed by atoms with Crippen LogP contribution in [0.2, 0.25) is 0 Å². The molecule has 0 aliphatic carbocycles. The molecule has 144 valence electrons. The van der Waals surface area contributed by atoms with Crippen molar-refractivity contribution >= 4 is 5.91 Å². The van der Waals surface area contributed by atoms with Gasteiger partial charge in [0.2, 0.25) is 5.56 Å². The van der Waals surface area contributed by atoms with Crippen LogP contribution in [-0.2, 0) is 6.54 Å². The Morgan fingerprint density at radius 1 is 1.07 bits per heavy atom. The molecular weight excluding hydrogens is 366 g/mol. The summed E-state index contributed by atoms with van der Waals surface area (Å²) in [4.78, 5) is 38.4. The van der Waals surface area contributed by atoms with Crippen molar-refractivity contribution in [1.82, 2.24) is 25.3 Å². The first-order valence-corrected chi connectivity index (χ1v) is 9.14. The van der Waals surface area contributed by atoms with Crippen LogP contribution in [0.4, 0.5) is 0 Å².